The normalized spacial score (nSPS) is 10.8. The van der Waals surface area contributed by atoms with E-state index in [1.54, 1.807) is 24.1 Å². The summed E-state index contributed by atoms with van der Waals surface area (Å²) in [5.74, 6) is 0.375. The molecule has 4 rings (SSSR count). The lowest BCUT2D eigenvalue weighted by Gasteiger charge is -2.12. The lowest BCUT2D eigenvalue weighted by molar-refractivity contribution is 0.102. The van der Waals surface area contributed by atoms with Gasteiger partial charge >= 0.3 is 0 Å². The number of hydrogen-bond acceptors (Lipinski definition) is 4. The quantitative estimate of drug-likeness (QED) is 0.583. The second-order valence-electron chi connectivity index (χ2n) is 6.58. The molecule has 4 aromatic rings. The van der Waals surface area contributed by atoms with Crippen LogP contribution in [0.4, 0.5) is 5.69 Å². The van der Waals surface area contributed by atoms with Crippen molar-refractivity contribution in [1.82, 2.24) is 14.8 Å². The van der Waals surface area contributed by atoms with Crippen molar-refractivity contribution in [1.29, 1.82) is 0 Å². The second kappa shape index (κ2) is 7.15. The van der Waals surface area contributed by atoms with Gasteiger partial charge in [-0.05, 0) is 30.7 Å². The number of amides is 1. The number of carbonyl (C=O) groups excluding carboxylic acids is 1. The van der Waals surface area contributed by atoms with Gasteiger partial charge in [-0.15, -0.1) is 0 Å². The largest absolute Gasteiger partial charge is 0.495 e. The SMILES string of the molecule is COc1ccc(C)cc1NC(=O)c1cc(-c2ccccc2)nc2c1cnn2C. The smallest absolute Gasteiger partial charge is 0.256 e. The van der Waals surface area contributed by atoms with Gasteiger partial charge in [0.05, 0.1) is 35.6 Å². The summed E-state index contributed by atoms with van der Waals surface area (Å²) in [7, 11) is 3.40. The predicted molar refractivity (Wildman–Crippen MR) is 110 cm³/mol. The monoisotopic (exact) mass is 372 g/mol. The minimum absolute atomic E-state index is 0.235. The summed E-state index contributed by atoms with van der Waals surface area (Å²) in [6, 6.07) is 17.2. The fourth-order valence-electron chi connectivity index (χ4n) is 3.17. The molecule has 6 nitrogen and oxygen atoms in total. The third kappa shape index (κ3) is 3.20. The molecule has 140 valence electrons. The molecule has 1 amide bonds. The Hall–Kier alpha value is -3.67. The van der Waals surface area contributed by atoms with Gasteiger partial charge in [-0.1, -0.05) is 36.4 Å². The van der Waals surface area contributed by atoms with E-state index in [2.05, 4.69) is 10.4 Å². The fourth-order valence-corrected chi connectivity index (χ4v) is 3.17. The molecule has 0 saturated heterocycles. The van der Waals surface area contributed by atoms with Gasteiger partial charge in [-0.25, -0.2) is 4.98 Å². The number of nitrogens with one attached hydrogen (secondary N) is 1. The Labute approximate surface area is 162 Å². The molecule has 0 atom stereocenters. The van der Waals surface area contributed by atoms with Crippen LogP contribution in [-0.2, 0) is 7.05 Å². The van der Waals surface area contributed by atoms with Crippen LogP contribution in [-0.4, -0.2) is 27.8 Å². The van der Waals surface area contributed by atoms with E-state index in [1.165, 1.54) is 0 Å². The van der Waals surface area contributed by atoms with Gasteiger partial charge < -0.3 is 10.1 Å². The second-order valence-corrected chi connectivity index (χ2v) is 6.58. The minimum Gasteiger partial charge on any atom is -0.495 e. The van der Waals surface area contributed by atoms with Crippen LogP contribution >= 0.6 is 0 Å². The molecule has 2 aromatic carbocycles. The zero-order valence-electron chi connectivity index (χ0n) is 15.9. The van der Waals surface area contributed by atoms with E-state index in [9.17, 15) is 4.79 Å². The molecule has 0 aliphatic carbocycles. The van der Waals surface area contributed by atoms with E-state index in [4.69, 9.17) is 9.72 Å². The Bertz CT molecular complexity index is 1170. The number of nitrogens with zero attached hydrogens (tertiary/aromatic N) is 3. The van der Waals surface area contributed by atoms with Gasteiger partial charge in [0.2, 0.25) is 0 Å². The van der Waals surface area contributed by atoms with Crippen LogP contribution in [0.25, 0.3) is 22.3 Å². The van der Waals surface area contributed by atoms with Gasteiger partial charge in [0, 0.05) is 12.6 Å². The molecule has 0 bridgehead atoms. The Morgan fingerprint density at radius 2 is 1.89 bits per heavy atom. The average molecular weight is 372 g/mol. The van der Waals surface area contributed by atoms with Crippen molar-refractivity contribution >= 4 is 22.6 Å². The van der Waals surface area contributed by atoms with Crippen molar-refractivity contribution < 1.29 is 9.53 Å². The van der Waals surface area contributed by atoms with E-state index >= 15 is 0 Å². The van der Waals surface area contributed by atoms with Crippen LogP contribution in [0.2, 0.25) is 0 Å². The Kier molecular flexibility index (Phi) is 4.53. The third-order valence-corrected chi connectivity index (χ3v) is 4.62. The Morgan fingerprint density at radius 1 is 1.11 bits per heavy atom. The minimum atomic E-state index is -0.235. The van der Waals surface area contributed by atoms with Crippen LogP contribution < -0.4 is 10.1 Å². The average Bonchev–Trinajstić information content (AvgIpc) is 3.09. The molecule has 0 unspecified atom stereocenters. The first-order chi connectivity index (χ1) is 13.6. The van der Waals surface area contributed by atoms with Gasteiger partial charge in [-0.2, -0.15) is 5.10 Å². The van der Waals surface area contributed by atoms with Gasteiger partial charge in [0.25, 0.3) is 5.91 Å². The molecule has 6 heteroatoms. The summed E-state index contributed by atoms with van der Waals surface area (Å²) >= 11 is 0. The maximum absolute atomic E-state index is 13.2. The number of aryl methyl sites for hydroxylation is 2. The first-order valence-electron chi connectivity index (χ1n) is 8.91. The molecule has 0 radical (unpaired) electrons. The van der Waals surface area contributed by atoms with E-state index in [-0.39, 0.29) is 5.91 Å². The molecule has 0 spiro atoms. The fraction of sp³-hybridized carbons (Fsp3) is 0.136. The predicted octanol–water partition coefficient (Wildman–Crippen LogP) is 4.20. The van der Waals surface area contributed by atoms with Crippen LogP contribution in [0, 0.1) is 6.92 Å². The van der Waals surface area contributed by atoms with Crippen LogP contribution in [0.5, 0.6) is 5.75 Å². The standard InChI is InChI=1S/C22H20N4O2/c1-14-9-10-20(28-3)19(11-14)25-22(27)16-12-18(15-7-5-4-6-8-15)24-21-17(16)13-23-26(21)2/h4-13H,1-3H3,(H,25,27). The highest BCUT2D eigenvalue weighted by molar-refractivity contribution is 6.13. The highest BCUT2D eigenvalue weighted by Gasteiger charge is 2.18. The third-order valence-electron chi connectivity index (χ3n) is 4.62. The molecule has 0 aliphatic heterocycles. The van der Waals surface area contributed by atoms with Crippen molar-refractivity contribution in [2.24, 2.45) is 7.05 Å². The summed E-state index contributed by atoms with van der Waals surface area (Å²) in [4.78, 5) is 17.9. The van der Waals surface area contributed by atoms with Crippen molar-refractivity contribution in [2.45, 2.75) is 6.92 Å². The van der Waals surface area contributed by atoms with Crippen molar-refractivity contribution in [2.75, 3.05) is 12.4 Å². The van der Waals surface area contributed by atoms with Gasteiger partial charge in [0.15, 0.2) is 5.65 Å². The topological polar surface area (TPSA) is 69.0 Å². The highest BCUT2D eigenvalue weighted by atomic mass is 16.5. The molecular weight excluding hydrogens is 352 g/mol. The van der Waals surface area contributed by atoms with E-state index < -0.39 is 0 Å². The van der Waals surface area contributed by atoms with Gasteiger partial charge in [0.1, 0.15) is 5.75 Å². The first kappa shape index (κ1) is 17.7. The summed E-state index contributed by atoms with van der Waals surface area (Å²) < 4.78 is 7.05. The summed E-state index contributed by atoms with van der Waals surface area (Å²) in [5, 5.41) is 7.95. The lowest BCUT2D eigenvalue weighted by Crippen LogP contribution is -2.14. The van der Waals surface area contributed by atoms with E-state index in [1.807, 2.05) is 62.5 Å². The number of pyridine rings is 1. The number of carbonyl (C=O) groups is 1. The highest BCUT2D eigenvalue weighted by Crippen LogP contribution is 2.28. The number of fused-ring (bicyclic) bond motifs is 1. The molecule has 1 N–H and O–H groups in total. The molecule has 0 saturated carbocycles. The summed E-state index contributed by atoms with van der Waals surface area (Å²) in [6.45, 7) is 1.97. The lowest BCUT2D eigenvalue weighted by atomic mass is 10.1. The van der Waals surface area contributed by atoms with Crippen LogP contribution in [0.1, 0.15) is 15.9 Å². The van der Waals surface area contributed by atoms with E-state index in [0.29, 0.717) is 28.0 Å². The van der Waals surface area contributed by atoms with Crippen LogP contribution in [0.15, 0.2) is 60.8 Å². The van der Waals surface area contributed by atoms with Crippen molar-refractivity contribution in [3.63, 3.8) is 0 Å². The van der Waals surface area contributed by atoms with E-state index in [0.717, 1.165) is 16.8 Å². The maximum atomic E-state index is 13.2. The van der Waals surface area contributed by atoms with Crippen LogP contribution in [0.3, 0.4) is 0 Å². The first-order valence-corrected chi connectivity index (χ1v) is 8.91. The number of benzene rings is 2. The number of methoxy groups -OCH3 is 1. The molecule has 0 fully saturated rings. The molecule has 0 aliphatic rings. The number of aromatic nitrogens is 3. The number of rotatable bonds is 4. The Morgan fingerprint density at radius 3 is 2.64 bits per heavy atom. The molecular formula is C22H20N4O2. The van der Waals surface area contributed by atoms with Crippen molar-refractivity contribution in [3.8, 4) is 17.0 Å². The zero-order valence-corrected chi connectivity index (χ0v) is 15.9. The maximum Gasteiger partial charge on any atom is 0.256 e. The number of hydrogen-bond donors (Lipinski definition) is 1. The summed E-state index contributed by atoms with van der Waals surface area (Å²) in [5.41, 5.74) is 4.49. The molecule has 2 heterocycles. The molecule has 2 aromatic heterocycles. The van der Waals surface area contributed by atoms with Gasteiger partial charge in [-0.3, -0.25) is 9.48 Å². The number of ether oxygens (including phenoxy) is 1. The molecule has 28 heavy (non-hydrogen) atoms. The summed E-state index contributed by atoms with van der Waals surface area (Å²) in [6.07, 6.45) is 1.67. The van der Waals surface area contributed by atoms with Crippen molar-refractivity contribution in [3.05, 3.63) is 71.9 Å². The Balaban J connectivity index is 1.82. The zero-order chi connectivity index (χ0) is 19.7. The number of anilines is 1.